The third-order valence-corrected chi connectivity index (χ3v) is 6.53. The van der Waals surface area contributed by atoms with E-state index in [2.05, 4.69) is 0 Å². The molecule has 1 atom stereocenters. The molecular weight excluding hydrogens is 340 g/mol. The second-order valence-electron chi connectivity index (χ2n) is 6.41. The summed E-state index contributed by atoms with van der Waals surface area (Å²) in [7, 11) is -1.56. The smallest absolute Gasteiger partial charge is 0.224 e. The topological polar surface area (TPSA) is 66.9 Å². The standard InChI is InChI=1S/C18H28N2O4S/c1-3-13-25(22,23)20-11-12-24-15-17(20)14-18(21)19(2)10-9-16-7-5-4-6-8-16/h4-8,17H,3,9-15H2,1-2H3/t17-/m0/s1. The normalized spacial score (nSPS) is 18.9. The summed E-state index contributed by atoms with van der Waals surface area (Å²) in [4.78, 5) is 14.2. The molecule has 0 spiro atoms. The van der Waals surface area contributed by atoms with Crippen LogP contribution < -0.4 is 0 Å². The quantitative estimate of drug-likeness (QED) is 0.698. The second-order valence-corrected chi connectivity index (χ2v) is 8.45. The van der Waals surface area contributed by atoms with E-state index in [1.807, 2.05) is 37.3 Å². The molecule has 1 aromatic rings. The Bertz CT molecular complexity index is 648. The average Bonchev–Trinajstić information content (AvgIpc) is 2.60. The molecule has 1 aliphatic rings. The molecule has 1 fully saturated rings. The van der Waals surface area contributed by atoms with Gasteiger partial charge >= 0.3 is 0 Å². The molecule has 1 aliphatic heterocycles. The van der Waals surface area contributed by atoms with Crippen LogP contribution >= 0.6 is 0 Å². The predicted octanol–water partition coefficient (Wildman–Crippen LogP) is 1.52. The Morgan fingerprint density at radius 1 is 1.32 bits per heavy atom. The Morgan fingerprint density at radius 2 is 2.04 bits per heavy atom. The molecule has 6 nitrogen and oxygen atoms in total. The van der Waals surface area contributed by atoms with Gasteiger partial charge in [0.25, 0.3) is 0 Å². The number of hydrogen-bond acceptors (Lipinski definition) is 4. The van der Waals surface area contributed by atoms with Crippen LogP contribution in [0.15, 0.2) is 30.3 Å². The zero-order valence-corrected chi connectivity index (χ0v) is 15.9. The molecule has 0 N–H and O–H groups in total. The largest absolute Gasteiger partial charge is 0.378 e. The number of hydrogen-bond donors (Lipinski definition) is 0. The zero-order chi connectivity index (χ0) is 18.3. The Morgan fingerprint density at radius 3 is 2.72 bits per heavy atom. The van der Waals surface area contributed by atoms with Gasteiger partial charge in [-0.15, -0.1) is 0 Å². The fourth-order valence-corrected chi connectivity index (χ4v) is 4.66. The molecule has 2 rings (SSSR count). The zero-order valence-electron chi connectivity index (χ0n) is 15.1. The van der Waals surface area contributed by atoms with Gasteiger partial charge in [-0.1, -0.05) is 37.3 Å². The number of likely N-dealkylation sites (N-methyl/N-ethyl adjacent to an activating group) is 1. The summed E-state index contributed by atoms with van der Waals surface area (Å²) in [5, 5.41) is 0. The van der Waals surface area contributed by atoms with Crippen molar-refractivity contribution in [2.24, 2.45) is 0 Å². The number of amides is 1. The Kier molecular flexibility index (Phi) is 7.40. The number of sulfonamides is 1. The summed E-state index contributed by atoms with van der Waals surface area (Å²) < 4.78 is 31.7. The highest BCUT2D eigenvalue weighted by molar-refractivity contribution is 7.89. The number of nitrogens with zero attached hydrogens (tertiary/aromatic N) is 2. The lowest BCUT2D eigenvalue weighted by Gasteiger charge is -2.35. The van der Waals surface area contributed by atoms with Gasteiger partial charge in [0.05, 0.1) is 25.0 Å². The van der Waals surface area contributed by atoms with Crippen LogP contribution in [-0.2, 0) is 26.0 Å². The number of carbonyl (C=O) groups is 1. The van der Waals surface area contributed by atoms with E-state index in [-0.39, 0.29) is 24.7 Å². The van der Waals surface area contributed by atoms with Crippen molar-refractivity contribution in [2.75, 3.05) is 39.1 Å². The van der Waals surface area contributed by atoms with Gasteiger partial charge in [-0.05, 0) is 18.4 Å². The summed E-state index contributed by atoms with van der Waals surface area (Å²) in [6.07, 6.45) is 1.51. The van der Waals surface area contributed by atoms with Crippen LogP contribution in [0.4, 0.5) is 0 Å². The summed E-state index contributed by atoms with van der Waals surface area (Å²) in [6.45, 7) is 3.44. The molecule has 1 amide bonds. The van der Waals surface area contributed by atoms with E-state index in [1.165, 1.54) is 9.87 Å². The lowest BCUT2D eigenvalue weighted by Crippen LogP contribution is -2.51. The van der Waals surface area contributed by atoms with Crippen molar-refractivity contribution >= 4 is 15.9 Å². The summed E-state index contributed by atoms with van der Waals surface area (Å²) in [5.74, 6) is 0.0600. The van der Waals surface area contributed by atoms with E-state index in [4.69, 9.17) is 4.74 Å². The van der Waals surface area contributed by atoms with Crippen molar-refractivity contribution in [3.05, 3.63) is 35.9 Å². The van der Waals surface area contributed by atoms with Gasteiger partial charge in [-0.3, -0.25) is 4.79 Å². The summed E-state index contributed by atoms with van der Waals surface area (Å²) in [5.41, 5.74) is 1.18. The number of carbonyl (C=O) groups excluding carboxylic acids is 1. The van der Waals surface area contributed by atoms with E-state index >= 15 is 0 Å². The van der Waals surface area contributed by atoms with Crippen molar-refractivity contribution < 1.29 is 17.9 Å². The molecule has 0 aliphatic carbocycles. The third-order valence-electron chi connectivity index (χ3n) is 4.41. The van der Waals surface area contributed by atoms with Crippen molar-refractivity contribution in [3.63, 3.8) is 0 Å². The van der Waals surface area contributed by atoms with Crippen LogP contribution in [-0.4, -0.2) is 68.7 Å². The average molecular weight is 368 g/mol. The second kappa shape index (κ2) is 9.31. The Labute approximate surface area is 150 Å². The number of rotatable bonds is 8. The fourth-order valence-electron chi connectivity index (χ4n) is 2.97. The number of morpholine rings is 1. The maximum atomic E-state index is 12.5. The highest BCUT2D eigenvalue weighted by Crippen LogP contribution is 2.17. The highest BCUT2D eigenvalue weighted by Gasteiger charge is 2.34. The van der Waals surface area contributed by atoms with E-state index in [0.29, 0.717) is 26.1 Å². The Hall–Kier alpha value is -1.44. The van der Waals surface area contributed by atoms with Crippen LogP contribution in [0, 0.1) is 0 Å². The molecule has 0 saturated carbocycles. The van der Waals surface area contributed by atoms with Gasteiger partial charge in [-0.25, -0.2) is 8.42 Å². The van der Waals surface area contributed by atoms with E-state index in [0.717, 1.165) is 6.42 Å². The SMILES string of the molecule is CCCS(=O)(=O)N1CCOC[C@@H]1CC(=O)N(C)CCc1ccccc1. The number of ether oxygens (including phenoxy) is 1. The van der Waals surface area contributed by atoms with Crippen LogP contribution in [0.1, 0.15) is 25.3 Å². The molecule has 0 unspecified atom stereocenters. The van der Waals surface area contributed by atoms with Crippen molar-refractivity contribution in [3.8, 4) is 0 Å². The fraction of sp³-hybridized carbons (Fsp3) is 0.611. The maximum Gasteiger partial charge on any atom is 0.224 e. The highest BCUT2D eigenvalue weighted by atomic mass is 32.2. The van der Waals surface area contributed by atoms with Crippen LogP contribution in [0.3, 0.4) is 0 Å². The van der Waals surface area contributed by atoms with Crippen LogP contribution in [0.2, 0.25) is 0 Å². The monoisotopic (exact) mass is 368 g/mol. The van der Waals surface area contributed by atoms with Gasteiger partial charge < -0.3 is 9.64 Å². The first-order chi connectivity index (χ1) is 11.9. The molecule has 140 valence electrons. The van der Waals surface area contributed by atoms with Gasteiger partial charge in [0.15, 0.2) is 0 Å². The predicted molar refractivity (Wildman–Crippen MR) is 97.8 cm³/mol. The van der Waals surface area contributed by atoms with E-state index in [9.17, 15) is 13.2 Å². The minimum atomic E-state index is -3.33. The number of benzene rings is 1. The Balaban J connectivity index is 1.92. The third kappa shape index (κ3) is 5.80. The first kappa shape index (κ1) is 19.9. The van der Waals surface area contributed by atoms with E-state index < -0.39 is 16.1 Å². The molecular formula is C18H28N2O4S. The minimum Gasteiger partial charge on any atom is -0.378 e. The van der Waals surface area contributed by atoms with Crippen molar-refractivity contribution in [1.82, 2.24) is 9.21 Å². The van der Waals surface area contributed by atoms with Gasteiger partial charge in [0, 0.05) is 26.6 Å². The van der Waals surface area contributed by atoms with Crippen LogP contribution in [0.5, 0.6) is 0 Å². The maximum absolute atomic E-state index is 12.5. The molecule has 0 bridgehead atoms. The molecule has 1 aromatic carbocycles. The first-order valence-corrected chi connectivity index (χ1v) is 10.4. The molecule has 0 aromatic heterocycles. The molecule has 0 radical (unpaired) electrons. The summed E-state index contributed by atoms with van der Waals surface area (Å²) in [6, 6.07) is 9.59. The molecule has 1 saturated heterocycles. The molecule has 1 heterocycles. The van der Waals surface area contributed by atoms with Gasteiger partial charge in [0.2, 0.25) is 15.9 Å². The molecule has 25 heavy (non-hydrogen) atoms. The summed E-state index contributed by atoms with van der Waals surface area (Å²) >= 11 is 0. The van der Waals surface area contributed by atoms with Gasteiger partial charge in [-0.2, -0.15) is 4.31 Å². The molecule has 7 heteroatoms. The lowest BCUT2D eigenvalue weighted by atomic mass is 10.1. The van der Waals surface area contributed by atoms with Gasteiger partial charge in [0.1, 0.15) is 0 Å². The van der Waals surface area contributed by atoms with Crippen LogP contribution in [0.25, 0.3) is 0 Å². The first-order valence-electron chi connectivity index (χ1n) is 8.79. The van der Waals surface area contributed by atoms with Crippen molar-refractivity contribution in [1.29, 1.82) is 0 Å². The van der Waals surface area contributed by atoms with Crippen molar-refractivity contribution in [2.45, 2.75) is 32.2 Å². The minimum absolute atomic E-state index is 0.0527. The van der Waals surface area contributed by atoms with E-state index in [1.54, 1.807) is 11.9 Å². The lowest BCUT2D eigenvalue weighted by molar-refractivity contribution is -0.131.